The van der Waals surface area contributed by atoms with Crippen LogP contribution in [0.25, 0.3) is 5.69 Å². The molecule has 2 aromatic carbocycles. The van der Waals surface area contributed by atoms with Gasteiger partial charge in [-0.05, 0) is 24.3 Å². The van der Waals surface area contributed by atoms with Crippen LogP contribution >= 0.6 is 23.2 Å². The molecule has 3 aromatic rings. The Hall–Kier alpha value is -2.48. The number of carboxylic acid groups (broad SMARTS) is 1. The van der Waals surface area contributed by atoms with Crippen LogP contribution in [-0.2, 0) is 17.3 Å². The van der Waals surface area contributed by atoms with Crippen LogP contribution in [0.5, 0.6) is 0 Å². The molecule has 0 radical (unpaired) electrons. The Balaban J connectivity index is 2.08. The molecule has 1 unspecified atom stereocenters. The number of fused-ring (bicyclic) bond motifs is 3. The van der Waals surface area contributed by atoms with Gasteiger partial charge < -0.3 is 5.11 Å². The number of benzene rings is 2. The number of hydrogen-bond donors (Lipinski definition) is 1. The van der Waals surface area contributed by atoms with E-state index in [0.717, 1.165) is 0 Å². The maximum absolute atomic E-state index is 12.3. The van der Waals surface area contributed by atoms with Crippen molar-refractivity contribution in [3.8, 4) is 5.69 Å². The number of carbonyl (C=O) groups is 1. The summed E-state index contributed by atoms with van der Waals surface area (Å²) in [4.78, 5) is 20.5. The average Bonchev–Trinajstić information content (AvgIpc) is 2.96. The van der Waals surface area contributed by atoms with Crippen LogP contribution in [0.15, 0.2) is 52.6 Å². The van der Waals surface area contributed by atoms with Gasteiger partial charge in [-0.3, -0.25) is 13.8 Å². The zero-order chi connectivity index (χ0) is 20.0. The van der Waals surface area contributed by atoms with Gasteiger partial charge in [-0.25, -0.2) is 9.78 Å². The molecule has 9 heteroatoms. The number of halogens is 2. The summed E-state index contributed by atoms with van der Waals surface area (Å²) in [5.74, 6) is -1.20. The Bertz CT molecular complexity index is 1190. The minimum atomic E-state index is -1.52. The third-order valence-corrected chi connectivity index (χ3v) is 5.72. The number of imidazole rings is 1. The lowest BCUT2D eigenvalue weighted by Gasteiger charge is -2.14. The van der Waals surface area contributed by atoms with E-state index in [4.69, 9.17) is 23.2 Å². The second-order valence-electron chi connectivity index (χ2n) is 6.09. The maximum atomic E-state index is 12.3. The predicted octanol–water partition coefficient (Wildman–Crippen LogP) is 3.97. The van der Waals surface area contributed by atoms with Crippen molar-refractivity contribution in [3.05, 3.63) is 75.0 Å². The van der Waals surface area contributed by atoms with E-state index in [-0.39, 0.29) is 17.4 Å². The van der Waals surface area contributed by atoms with Crippen LogP contribution in [0.2, 0.25) is 10.0 Å². The van der Waals surface area contributed by atoms with Gasteiger partial charge in [0, 0.05) is 27.4 Å². The molecule has 1 aliphatic rings. The van der Waals surface area contributed by atoms with Crippen LogP contribution in [0.3, 0.4) is 0 Å². The molecular weight excluding hydrogens is 421 g/mol. The van der Waals surface area contributed by atoms with E-state index in [1.165, 1.54) is 6.26 Å². The molecule has 0 aliphatic carbocycles. The summed E-state index contributed by atoms with van der Waals surface area (Å²) in [7, 11) is -1.52. The first-order chi connectivity index (χ1) is 13.4. The molecule has 1 aromatic heterocycles. The predicted molar refractivity (Wildman–Crippen MR) is 109 cm³/mol. The van der Waals surface area contributed by atoms with Gasteiger partial charge in [0.25, 0.3) is 0 Å². The number of aliphatic imine (C=N–C) groups is 1. The third kappa shape index (κ3) is 3.05. The van der Waals surface area contributed by atoms with Gasteiger partial charge in [0.2, 0.25) is 5.16 Å². The lowest BCUT2D eigenvalue weighted by molar-refractivity contribution is 0.0689. The van der Waals surface area contributed by atoms with Gasteiger partial charge in [0.1, 0.15) is 0 Å². The quantitative estimate of drug-likeness (QED) is 0.676. The number of hydrogen-bond acceptors (Lipinski definition) is 4. The lowest BCUT2D eigenvalue weighted by atomic mass is 10.0. The maximum Gasteiger partial charge on any atom is 0.356 e. The number of aromatic carboxylic acids is 1. The fraction of sp³-hybridized carbons (Fsp3) is 0.105. The first-order valence-corrected chi connectivity index (χ1v) is 10.5. The van der Waals surface area contributed by atoms with Gasteiger partial charge in [-0.1, -0.05) is 41.4 Å². The molecule has 0 saturated carbocycles. The third-order valence-electron chi connectivity index (χ3n) is 4.37. The van der Waals surface area contributed by atoms with Crippen molar-refractivity contribution in [2.75, 3.05) is 6.26 Å². The summed E-state index contributed by atoms with van der Waals surface area (Å²) in [5.41, 5.74) is 2.71. The molecule has 0 spiro atoms. The Morgan fingerprint density at radius 1 is 1.18 bits per heavy atom. The molecule has 28 heavy (non-hydrogen) atoms. The molecule has 1 N–H and O–H groups in total. The van der Waals surface area contributed by atoms with Crippen molar-refractivity contribution in [1.82, 2.24) is 9.55 Å². The largest absolute Gasteiger partial charge is 0.476 e. The number of carboxylic acids is 1. The highest BCUT2D eigenvalue weighted by Gasteiger charge is 2.29. The molecule has 2 heterocycles. The van der Waals surface area contributed by atoms with Gasteiger partial charge in [0.05, 0.1) is 34.4 Å². The van der Waals surface area contributed by atoms with Crippen LogP contribution in [0, 0.1) is 0 Å². The molecule has 0 saturated heterocycles. The van der Waals surface area contributed by atoms with E-state index < -0.39 is 16.8 Å². The summed E-state index contributed by atoms with van der Waals surface area (Å²) < 4.78 is 13.9. The van der Waals surface area contributed by atoms with Crippen LogP contribution < -0.4 is 0 Å². The second kappa shape index (κ2) is 7.16. The molecule has 0 bridgehead atoms. The minimum absolute atomic E-state index is 0.0404. The zero-order valence-electron chi connectivity index (χ0n) is 14.5. The Morgan fingerprint density at radius 3 is 2.61 bits per heavy atom. The fourth-order valence-corrected chi connectivity index (χ4v) is 4.29. The van der Waals surface area contributed by atoms with Crippen LogP contribution in [-0.4, -0.2) is 36.8 Å². The van der Waals surface area contributed by atoms with E-state index in [9.17, 15) is 14.1 Å². The second-order valence-corrected chi connectivity index (χ2v) is 8.21. The van der Waals surface area contributed by atoms with Gasteiger partial charge in [-0.2, -0.15) is 0 Å². The number of rotatable bonds is 3. The molecule has 1 atom stereocenters. The molecular formula is C19H13Cl2N3O3S. The highest BCUT2D eigenvalue weighted by Crippen LogP contribution is 2.32. The molecule has 0 fully saturated rings. The van der Waals surface area contributed by atoms with E-state index in [2.05, 4.69) is 9.98 Å². The van der Waals surface area contributed by atoms with E-state index in [1.807, 2.05) is 18.2 Å². The summed E-state index contributed by atoms with van der Waals surface area (Å²) >= 11 is 12.6. The van der Waals surface area contributed by atoms with Crippen LogP contribution in [0.1, 0.15) is 27.3 Å². The van der Waals surface area contributed by atoms with Gasteiger partial charge in [0.15, 0.2) is 5.69 Å². The highest BCUT2D eigenvalue weighted by molar-refractivity contribution is 7.84. The monoisotopic (exact) mass is 433 g/mol. The summed E-state index contributed by atoms with van der Waals surface area (Å²) in [6.45, 7) is 0.0404. The molecule has 142 valence electrons. The van der Waals surface area contributed by atoms with E-state index in [0.29, 0.717) is 38.3 Å². The first kappa shape index (κ1) is 18.9. The van der Waals surface area contributed by atoms with Gasteiger partial charge in [-0.15, -0.1) is 0 Å². The van der Waals surface area contributed by atoms with Crippen molar-refractivity contribution in [2.45, 2.75) is 11.7 Å². The Labute approximate surface area is 172 Å². The Kier molecular flexibility index (Phi) is 4.82. The molecule has 1 aliphatic heterocycles. The molecule has 6 nitrogen and oxygen atoms in total. The number of aromatic nitrogens is 2. The standard InChI is InChI=1S/C19H13Cl2N3O3S/c1-28(27)19-23-17(18(25)26)15-9-22-16(11-4-2-3-5-13(11)21)12-8-10(20)6-7-14(12)24(15)19/h2-8H,9H2,1H3,(H,25,26). The number of nitrogens with zero attached hydrogens (tertiary/aromatic N) is 3. The summed E-state index contributed by atoms with van der Waals surface area (Å²) in [6.07, 6.45) is 1.46. The van der Waals surface area contributed by atoms with Crippen molar-refractivity contribution in [3.63, 3.8) is 0 Å². The topological polar surface area (TPSA) is 84.5 Å². The molecule has 0 amide bonds. The van der Waals surface area contributed by atoms with E-state index in [1.54, 1.807) is 28.8 Å². The highest BCUT2D eigenvalue weighted by atomic mass is 35.5. The SMILES string of the molecule is CS(=O)c1nc(C(=O)O)c2n1-c1ccc(Cl)cc1C(c1ccccc1Cl)=NC2. The van der Waals surface area contributed by atoms with Crippen LogP contribution in [0.4, 0.5) is 0 Å². The smallest absolute Gasteiger partial charge is 0.356 e. The Morgan fingerprint density at radius 2 is 1.93 bits per heavy atom. The summed E-state index contributed by atoms with van der Waals surface area (Å²) in [5, 5.41) is 10.7. The van der Waals surface area contributed by atoms with Crippen molar-refractivity contribution in [2.24, 2.45) is 4.99 Å². The minimum Gasteiger partial charge on any atom is -0.476 e. The van der Waals surface area contributed by atoms with Crippen molar-refractivity contribution in [1.29, 1.82) is 0 Å². The normalized spacial score (nSPS) is 13.9. The van der Waals surface area contributed by atoms with Gasteiger partial charge >= 0.3 is 5.97 Å². The van der Waals surface area contributed by atoms with Crippen molar-refractivity contribution >= 4 is 45.7 Å². The molecule has 4 rings (SSSR count). The first-order valence-electron chi connectivity index (χ1n) is 8.16. The van der Waals surface area contributed by atoms with Crippen molar-refractivity contribution < 1.29 is 14.1 Å². The summed E-state index contributed by atoms with van der Waals surface area (Å²) in [6, 6.07) is 12.4. The fourth-order valence-electron chi connectivity index (χ4n) is 3.21. The zero-order valence-corrected chi connectivity index (χ0v) is 16.8. The average molecular weight is 434 g/mol. The lowest BCUT2D eigenvalue weighted by Crippen LogP contribution is -2.10. The van der Waals surface area contributed by atoms with E-state index >= 15 is 0 Å².